The molecular formula is C8H7ClF3N3O. The Bertz CT molecular complexity index is 471. The first kappa shape index (κ1) is 11.3. The fourth-order valence-electron chi connectivity index (χ4n) is 1.65. The van der Waals surface area contributed by atoms with Crippen molar-refractivity contribution >= 4 is 17.5 Å². The minimum Gasteiger partial charge on any atom is -0.355 e. The smallest absolute Gasteiger partial charge is 0.355 e. The summed E-state index contributed by atoms with van der Waals surface area (Å²) < 4.78 is 38.5. The summed E-state index contributed by atoms with van der Waals surface area (Å²) in [6.07, 6.45) is -4.66. The highest BCUT2D eigenvalue weighted by Crippen LogP contribution is 2.35. The Labute approximate surface area is 93.0 Å². The van der Waals surface area contributed by atoms with Gasteiger partial charge in [0.05, 0.1) is 0 Å². The van der Waals surface area contributed by atoms with E-state index in [9.17, 15) is 18.0 Å². The van der Waals surface area contributed by atoms with Crippen LogP contribution in [-0.2, 0) is 0 Å². The van der Waals surface area contributed by atoms with E-state index >= 15 is 0 Å². The minimum atomic E-state index is -4.46. The van der Waals surface area contributed by atoms with Crippen LogP contribution in [0.3, 0.4) is 0 Å². The molecule has 0 unspecified atom stereocenters. The Morgan fingerprint density at radius 1 is 1.56 bits per heavy atom. The summed E-state index contributed by atoms with van der Waals surface area (Å²) >= 11 is 5.50. The van der Waals surface area contributed by atoms with Gasteiger partial charge in [-0.25, -0.2) is 4.98 Å². The lowest BCUT2D eigenvalue weighted by molar-refractivity contribution is -0.170. The molecule has 1 aliphatic heterocycles. The fraction of sp³-hybridized carbons (Fsp3) is 0.500. The van der Waals surface area contributed by atoms with Crippen molar-refractivity contribution in [2.24, 2.45) is 0 Å². The summed E-state index contributed by atoms with van der Waals surface area (Å²) in [7, 11) is 0. The van der Waals surface area contributed by atoms with Crippen LogP contribution < -0.4 is 10.9 Å². The first-order valence-electron chi connectivity index (χ1n) is 4.49. The van der Waals surface area contributed by atoms with E-state index in [2.05, 4.69) is 10.3 Å². The van der Waals surface area contributed by atoms with Gasteiger partial charge in [-0.1, -0.05) is 11.6 Å². The van der Waals surface area contributed by atoms with Gasteiger partial charge >= 0.3 is 6.18 Å². The topological polar surface area (TPSA) is 46.9 Å². The molecule has 2 rings (SSSR count). The van der Waals surface area contributed by atoms with E-state index in [1.54, 1.807) is 0 Å². The van der Waals surface area contributed by atoms with Crippen LogP contribution in [0, 0.1) is 0 Å². The highest BCUT2D eigenvalue weighted by atomic mass is 35.5. The SMILES string of the molecule is O=c1cc(Cl)nc2n1[C@H](C(F)(F)F)CCN2. The van der Waals surface area contributed by atoms with E-state index < -0.39 is 17.8 Å². The molecule has 1 aromatic heterocycles. The molecule has 88 valence electrons. The van der Waals surface area contributed by atoms with Crippen molar-refractivity contribution in [2.75, 3.05) is 11.9 Å². The lowest BCUT2D eigenvalue weighted by Gasteiger charge is -2.29. The average Bonchev–Trinajstić information content (AvgIpc) is 2.14. The highest BCUT2D eigenvalue weighted by molar-refractivity contribution is 6.29. The van der Waals surface area contributed by atoms with Crippen molar-refractivity contribution in [3.05, 3.63) is 21.6 Å². The predicted octanol–water partition coefficient (Wildman–Crippen LogP) is 1.82. The van der Waals surface area contributed by atoms with E-state index in [-0.39, 0.29) is 24.1 Å². The number of anilines is 1. The monoisotopic (exact) mass is 253 g/mol. The number of alkyl halides is 3. The lowest BCUT2D eigenvalue weighted by atomic mass is 10.1. The van der Waals surface area contributed by atoms with Gasteiger partial charge in [-0.05, 0) is 6.42 Å². The Morgan fingerprint density at radius 3 is 2.88 bits per heavy atom. The molecule has 8 heteroatoms. The van der Waals surface area contributed by atoms with Crippen LogP contribution in [0.5, 0.6) is 0 Å². The third-order valence-corrected chi connectivity index (χ3v) is 2.50. The molecule has 0 radical (unpaired) electrons. The zero-order chi connectivity index (χ0) is 11.9. The van der Waals surface area contributed by atoms with E-state index in [4.69, 9.17) is 11.6 Å². The number of fused-ring (bicyclic) bond motifs is 1. The third-order valence-electron chi connectivity index (χ3n) is 2.31. The standard InChI is InChI=1S/C8H7ClF3N3O/c9-5-3-6(16)15-4(8(10,11)12)1-2-13-7(15)14-5/h3-4H,1-2H2,(H,13,14)/t4-/m0/s1. The summed E-state index contributed by atoms with van der Waals surface area (Å²) in [6, 6.07) is -0.961. The largest absolute Gasteiger partial charge is 0.409 e. The molecule has 0 spiro atoms. The fourth-order valence-corrected chi connectivity index (χ4v) is 1.82. The molecule has 1 aromatic rings. The maximum atomic E-state index is 12.7. The van der Waals surface area contributed by atoms with E-state index in [0.29, 0.717) is 4.57 Å². The van der Waals surface area contributed by atoms with Crippen LogP contribution >= 0.6 is 11.6 Å². The number of aromatic nitrogens is 2. The maximum Gasteiger partial charge on any atom is 0.409 e. The van der Waals surface area contributed by atoms with Gasteiger partial charge in [0.1, 0.15) is 11.2 Å². The van der Waals surface area contributed by atoms with Crippen LogP contribution in [0.15, 0.2) is 10.9 Å². The second-order valence-corrected chi connectivity index (χ2v) is 3.77. The van der Waals surface area contributed by atoms with Gasteiger partial charge in [-0.15, -0.1) is 0 Å². The molecule has 1 atom stereocenters. The molecule has 0 saturated heterocycles. The van der Waals surface area contributed by atoms with Crippen LogP contribution in [-0.4, -0.2) is 22.3 Å². The molecule has 0 saturated carbocycles. The van der Waals surface area contributed by atoms with Gasteiger partial charge in [0.15, 0.2) is 0 Å². The van der Waals surface area contributed by atoms with Gasteiger partial charge in [-0.2, -0.15) is 13.2 Å². The molecule has 0 bridgehead atoms. The average molecular weight is 254 g/mol. The van der Waals surface area contributed by atoms with E-state index in [1.165, 1.54) is 0 Å². The summed E-state index contributed by atoms with van der Waals surface area (Å²) in [5, 5.41) is 2.49. The van der Waals surface area contributed by atoms with Crippen molar-refractivity contribution in [3.63, 3.8) is 0 Å². The molecule has 0 aromatic carbocycles. The summed E-state index contributed by atoms with van der Waals surface area (Å²) in [5.41, 5.74) is -0.801. The van der Waals surface area contributed by atoms with Crippen LogP contribution in [0.1, 0.15) is 12.5 Å². The molecule has 0 aliphatic carbocycles. The molecule has 1 N–H and O–H groups in total. The molecule has 2 heterocycles. The minimum absolute atomic E-state index is 0.108. The highest BCUT2D eigenvalue weighted by Gasteiger charge is 2.43. The van der Waals surface area contributed by atoms with Crippen LogP contribution in [0.4, 0.5) is 19.1 Å². The van der Waals surface area contributed by atoms with Crippen molar-refractivity contribution in [3.8, 4) is 0 Å². The van der Waals surface area contributed by atoms with E-state index in [0.717, 1.165) is 6.07 Å². The zero-order valence-corrected chi connectivity index (χ0v) is 8.64. The van der Waals surface area contributed by atoms with Gasteiger partial charge in [0, 0.05) is 12.6 Å². The Balaban J connectivity index is 2.59. The molecular weight excluding hydrogens is 247 g/mol. The quantitative estimate of drug-likeness (QED) is 0.718. The van der Waals surface area contributed by atoms with Crippen LogP contribution in [0.2, 0.25) is 5.15 Å². The van der Waals surface area contributed by atoms with Gasteiger partial charge in [0.2, 0.25) is 5.95 Å². The molecule has 16 heavy (non-hydrogen) atoms. The Morgan fingerprint density at radius 2 is 2.25 bits per heavy atom. The summed E-state index contributed by atoms with van der Waals surface area (Å²) in [4.78, 5) is 15.1. The number of nitrogens with zero attached hydrogens (tertiary/aromatic N) is 2. The molecule has 0 amide bonds. The Kier molecular flexibility index (Phi) is 2.57. The number of nitrogens with one attached hydrogen (secondary N) is 1. The van der Waals surface area contributed by atoms with Crippen molar-refractivity contribution in [1.82, 2.24) is 9.55 Å². The molecule has 1 aliphatic rings. The lowest BCUT2D eigenvalue weighted by Crippen LogP contribution is -2.40. The zero-order valence-electron chi connectivity index (χ0n) is 7.88. The molecule has 0 fully saturated rings. The van der Waals surface area contributed by atoms with E-state index in [1.807, 2.05) is 0 Å². The second kappa shape index (κ2) is 3.65. The van der Waals surface area contributed by atoms with Crippen molar-refractivity contribution < 1.29 is 13.2 Å². The second-order valence-electron chi connectivity index (χ2n) is 3.38. The normalized spacial score (nSPS) is 20.1. The molecule has 4 nitrogen and oxygen atoms in total. The first-order valence-corrected chi connectivity index (χ1v) is 4.87. The number of halogens is 4. The van der Waals surface area contributed by atoms with Gasteiger partial charge in [-0.3, -0.25) is 9.36 Å². The first-order chi connectivity index (χ1) is 7.39. The summed E-state index contributed by atoms with van der Waals surface area (Å²) in [5.74, 6) is -0.133. The number of hydrogen-bond acceptors (Lipinski definition) is 3. The van der Waals surface area contributed by atoms with Gasteiger partial charge < -0.3 is 5.32 Å². The third kappa shape index (κ3) is 1.87. The van der Waals surface area contributed by atoms with Crippen LogP contribution in [0.25, 0.3) is 0 Å². The maximum absolute atomic E-state index is 12.7. The Hall–Kier alpha value is -1.24. The number of hydrogen-bond donors (Lipinski definition) is 1. The summed E-state index contributed by atoms with van der Waals surface area (Å²) in [6.45, 7) is 0.108. The van der Waals surface area contributed by atoms with Gasteiger partial charge in [0.25, 0.3) is 5.56 Å². The van der Waals surface area contributed by atoms with Crippen molar-refractivity contribution in [1.29, 1.82) is 0 Å². The predicted molar refractivity (Wildman–Crippen MR) is 51.7 cm³/mol. The number of rotatable bonds is 0. The van der Waals surface area contributed by atoms with Crippen molar-refractivity contribution in [2.45, 2.75) is 18.6 Å².